The Hall–Kier alpha value is -2.83. The minimum Gasteiger partial charge on any atom is -0.466 e. The van der Waals surface area contributed by atoms with Crippen LogP contribution in [0.3, 0.4) is 0 Å². The lowest BCUT2D eigenvalue weighted by Gasteiger charge is -2.33. The second-order valence-corrected chi connectivity index (χ2v) is 6.92. The van der Waals surface area contributed by atoms with E-state index in [9.17, 15) is 4.79 Å². The molecule has 0 amide bonds. The molecule has 7 nitrogen and oxygen atoms in total. The molecule has 2 heterocycles. The first-order chi connectivity index (χ1) is 13.0. The Morgan fingerprint density at radius 3 is 2.89 bits per heavy atom. The quantitative estimate of drug-likeness (QED) is 0.782. The zero-order valence-corrected chi connectivity index (χ0v) is 16.2. The molecule has 3 rings (SSSR count). The molecule has 1 atom stereocenters. The van der Waals surface area contributed by atoms with Gasteiger partial charge in [0.1, 0.15) is 12.0 Å². The molecule has 1 aromatic heterocycles. The third kappa shape index (κ3) is 4.30. The van der Waals surface area contributed by atoms with E-state index in [-0.39, 0.29) is 11.9 Å². The molecule has 2 aromatic rings. The normalized spacial score (nSPS) is 16.9. The fraction of sp³-hybridized carbons (Fsp3) is 0.450. The Balaban J connectivity index is 1.79. The number of nitrogens with zero attached hydrogens (tertiary/aromatic N) is 3. The number of hydrogen-bond acceptors (Lipinski definition) is 7. The highest BCUT2D eigenvalue weighted by molar-refractivity contribution is 5.79. The third-order valence-electron chi connectivity index (χ3n) is 4.97. The Morgan fingerprint density at radius 1 is 1.33 bits per heavy atom. The minimum atomic E-state index is -0.150. The summed E-state index contributed by atoms with van der Waals surface area (Å²) in [5.41, 5.74) is 10.2. The van der Waals surface area contributed by atoms with Gasteiger partial charge in [-0.05, 0) is 56.9 Å². The van der Waals surface area contributed by atoms with E-state index in [4.69, 9.17) is 10.5 Å². The summed E-state index contributed by atoms with van der Waals surface area (Å²) in [4.78, 5) is 22.8. The van der Waals surface area contributed by atoms with Crippen LogP contribution in [0.1, 0.15) is 30.9 Å². The van der Waals surface area contributed by atoms with Crippen LogP contribution in [-0.4, -0.2) is 35.6 Å². The standard InChI is InChI=1S/C20H27N5O2/c1-4-27-20(26)15-6-5-9-25(11-15)19-17(21)18(22-12-23-19)24-16-8-7-13(2)14(3)10-16/h7-8,10,12,15H,4-6,9,11,21H2,1-3H3,(H,22,23,24). The fourth-order valence-corrected chi connectivity index (χ4v) is 3.32. The summed E-state index contributed by atoms with van der Waals surface area (Å²) in [6.07, 6.45) is 3.23. The third-order valence-corrected chi connectivity index (χ3v) is 4.97. The maximum Gasteiger partial charge on any atom is 0.310 e. The number of rotatable bonds is 5. The first-order valence-corrected chi connectivity index (χ1v) is 9.36. The molecule has 1 aliphatic heterocycles. The van der Waals surface area contributed by atoms with Crippen LogP contribution in [0.2, 0.25) is 0 Å². The van der Waals surface area contributed by atoms with E-state index in [1.165, 1.54) is 17.5 Å². The van der Waals surface area contributed by atoms with Crippen LogP contribution in [0.25, 0.3) is 0 Å². The van der Waals surface area contributed by atoms with Crippen LogP contribution in [0.5, 0.6) is 0 Å². The number of anilines is 4. The SMILES string of the molecule is CCOC(=O)C1CCCN(c2ncnc(Nc3ccc(C)c(C)c3)c2N)C1. The second-order valence-electron chi connectivity index (χ2n) is 6.92. The molecule has 27 heavy (non-hydrogen) atoms. The van der Waals surface area contributed by atoms with E-state index in [1.807, 2.05) is 17.9 Å². The van der Waals surface area contributed by atoms with Gasteiger partial charge in [-0.1, -0.05) is 6.07 Å². The second kappa shape index (κ2) is 8.24. The Labute approximate surface area is 159 Å². The molecule has 0 bridgehead atoms. The number of nitrogens with two attached hydrogens (primary N) is 1. The van der Waals surface area contributed by atoms with Crippen molar-refractivity contribution in [2.75, 3.05) is 35.6 Å². The number of carbonyl (C=O) groups excluding carboxylic acids is 1. The number of esters is 1. The predicted molar refractivity (Wildman–Crippen MR) is 107 cm³/mol. The van der Waals surface area contributed by atoms with Gasteiger partial charge in [-0.15, -0.1) is 0 Å². The number of nitrogens with one attached hydrogen (secondary N) is 1. The number of aromatic nitrogens is 2. The summed E-state index contributed by atoms with van der Waals surface area (Å²) in [5.74, 6) is 0.930. The Morgan fingerprint density at radius 2 is 2.15 bits per heavy atom. The lowest BCUT2D eigenvalue weighted by atomic mass is 9.98. The number of carbonyl (C=O) groups is 1. The Bertz CT molecular complexity index is 824. The van der Waals surface area contributed by atoms with Gasteiger partial charge >= 0.3 is 5.97 Å². The van der Waals surface area contributed by atoms with Gasteiger partial charge in [0.2, 0.25) is 0 Å². The van der Waals surface area contributed by atoms with E-state index in [2.05, 4.69) is 41.3 Å². The summed E-state index contributed by atoms with van der Waals surface area (Å²) in [6.45, 7) is 7.73. The van der Waals surface area contributed by atoms with E-state index in [1.54, 1.807) is 0 Å². The highest BCUT2D eigenvalue weighted by Gasteiger charge is 2.29. The maximum atomic E-state index is 12.1. The van der Waals surface area contributed by atoms with Crippen LogP contribution in [0.4, 0.5) is 23.0 Å². The lowest BCUT2D eigenvalue weighted by Crippen LogP contribution is -2.40. The van der Waals surface area contributed by atoms with Crippen molar-refractivity contribution in [1.29, 1.82) is 0 Å². The molecule has 1 fully saturated rings. The maximum absolute atomic E-state index is 12.1. The molecule has 1 unspecified atom stereocenters. The van der Waals surface area contributed by atoms with Gasteiger partial charge in [-0.2, -0.15) is 0 Å². The largest absolute Gasteiger partial charge is 0.466 e. The average molecular weight is 369 g/mol. The van der Waals surface area contributed by atoms with Crippen LogP contribution in [-0.2, 0) is 9.53 Å². The van der Waals surface area contributed by atoms with Crippen LogP contribution in [0.15, 0.2) is 24.5 Å². The van der Waals surface area contributed by atoms with Crippen LogP contribution >= 0.6 is 0 Å². The van der Waals surface area contributed by atoms with Crippen molar-refractivity contribution in [3.63, 3.8) is 0 Å². The highest BCUT2D eigenvalue weighted by Crippen LogP contribution is 2.31. The molecule has 7 heteroatoms. The van der Waals surface area contributed by atoms with E-state index in [0.717, 1.165) is 25.1 Å². The van der Waals surface area contributed by atoms with Crippen molar-refractivity contribution < 1.29 is 9.53 Å². The van der Waals surface area contributed by atoms with Gasteiger partial charge in [-0.25, -0.2) is 9.97 Å². The zero-order chi connectivity index (χ0) is 19.4. The molecule has 0 spiro atoms. The van der Waals surface area contributed by atoms with Crippen molar-refractivity contribution >= 4 is 29.0 Å². The van der Waals surface area contributed by atoms with Crippen molar-refractivity contribution in [3.05, 3.63) is 35.7 Å². The van der Waals surface area contributed by atoms with Gasteiger partial charge in [0.05, 0.1) is 12.5 Å². The summed E-state index contributed by atoms with van der Waals surface area (Å²) >= 11 is 0. The van der Waals surface area contributed by atoms with Gasteiger partial charge in [0.25, 0.3) is 0 Å². The van der Waals surface area contributed by atoms with E-state index < -0.39 is 0 Å². The number of benzene rings is 1. The first kappa shape index (κ1) is 18.9. The van der Waals surface area contributed by atoms with Crippen molar-refractivity contribution in [3.8, 4) is 0 Å². The zero-order valence-electron chi connectivity index (χ0n) is 16.2. The summed E-state index contributed by atoms with van der Waals surface area (Å²) in [6, 6.07) is 6.13. The van der Waals surface area contributed by atoms with Gasteiger partial charge in [0.15, 0.2) is 11.6 Å². The lowest BCUT2D eigenvalue weighted by molar-refractivity contribution is -0.148. The molecule has 0 radical (unpaired) electrons. The number of aryl methyl sites for hydroxylation is 2. The molecule has 1 aliphatic rings. The first-order valence-electron chi connectivity index (χ1n) is 9.36. The van der Waals surface area contributed by atoms with Crippen molar-refractivity contribution in [2.45, 2.75) is 33.6 Å². The molecule has 3 N–H and O–H groups in total. The molecule has 0 saturated carbocycles. The van der Waals surface area contributed by atoms with E-state index in [0.29, 0.717) is 30.5 Å². The summed E-state index contributed by atoms with van der Waals surface area (Å²) in [7, 11) is 0. The Kier molecular flexibility index (Phi) is 5.78. The molecular formula is C20H27N5O2. The molecule has 1 aromatic carbocycles. The number of hydrogen-bond donors (Lipinski definition) is 2. The molecular weight excluding hydrogens is 342 g/mol. The van der Waals surface area contributed by atoms with Crippen LogP contribution in [0, 0.1) is 19.8 Å². The average Bonchev–Trinajstić information content (AvgIpc) is 2.67. The van der Waals surface area contributed by atoms with Gasteiger partial charge in [-0.3, -0.25) is 4.79 Å². The van der Waals surface area contributed by atoms with Gasteiger partial charge in [0, 0.05) is 18.8 Å². The van der Waals surface area contributed by atoms with Gasteiger partial charge < -0.3 is 20.7 Å². The summed E-state index contributed by atoms with van der Waals surface area (Å²) < 4.78 is 5.18. The number of nitrogen functional groups attached to an aromatic ring is 1. The highest BCUT2D eigenvalue weighted by atomic mass is 16.5. The van der Waals surface area contributed by atoms with Crippen LogP contribution < -0.4 is 16.0 Å². The fourth-order valence-electron chi connectivity index (χ4n) is 3.32. The predicted octanol–water partition coefficient (Wildman–Crippen LogP) is 3.20. The van der Waals surface area contributed by atoms with Crippen molar-refractivity contribution in [1.82, 2.24) is 9.97 Å². The van der Waals surface area contributed by atoms with Crippen molar-refractivity contribution in [2.24, 2.45) is 5.92 Å². The molecule has 0 aliphatic carbocycles. The number of piperidine rings is 1. The summed E-state index contributed by atoms with van der Waals surface area (Å²) in [5, 5.41) is 3.28. The smallest absolute Gasteiger partial charge is 0.310 e. The van der Waals surface area contributed by atoms with E-state index >= 15 is 0 Å². The molecule has 144 valence electrons. The monoisotopic (exact) mass is 369 g/mol. The number of ether oxygens (including phenoxy) is 1. The topological polar surface area (TPSA) is 93.4 Å². The minimum absolute atomic E-state index is 0.149. The molecule has 1 saturated heterocycles.